The summed E-state index contributed by atoms with van der Waals surface area (Å²) >= 11 is 0. The predicted molar refractivity (Wildman–Crippen MR) is 90.6 cm³/mol. The van der Waals surface area contributed by atoms with Crippen LogP contribution in [-0.4, -0.2) is 64.1 Å². The minimum Gasteiger partial charge on any atom is -0.459 e. The van der Waals surface area contributed by atoms with Crippen molar-refractivity contribution in [2.75, 3.05) is 13.1 Å². The summed E-state index contributed by atoms with van der Waals surface area (Å²) in [5.74, 6) is -1.87. The van der Waals surface area contributed by atoms with E-state index < -0.39 is 35.8 Å². The van der Waals surface area contributed by atoms with E-state index in [1.165, 1.54) is 17.2 Å². The molecule has 10 nitrogen and oxygen atoms in total. The fraction of sp³-hybridized carbons (Fsp3) is 0.562. The third kappa shape index (κ3) is 4.40. The monoisotopic (exact) mass is 367 g/mol. The molecule has 0 spiro atoms. The summed E-state index contributed by atoms with van der Waals surface area (Å²) in [6.07, 6.45) is 3.13. The van der Waals surface area contributed by atoms with Gasteiger partial charge in [0.15, 0.2) is 5.76 Å². The SMILES string of the molecule is NCCCC[C@H](N)C(=O)N(O)[C@H]1C[C@@H](C(N)=O)N(C(=O)c2ccco2)C1. The summed E-state index contributed by atoms with van der Waals surface area (Å²) in [5, 5.41) is 10.8. The zero-order valence-electron chi connectivity index (χ0n) is 14.4. The van der Waals surface area contributed by atoms with Crippen LogP contribution in [0.1, 0.15) is 36.2 Å². The molecular weight excluding hydrogens is 342 g/mol. The van der Waals surface area contributed by atoms with E-state index in [1.54, 1.807) is 6.07 Å². The number of carbonyl (C=O) groups excluding carboxylic acids is 3. The van der Waals surface area contributed by atoms with Crippen molar-refractivity contribution in [2.45, 2.75) is 43.8 Å². The number of furan rings is 1. The van der Waals surface area contributed by atoms with Crippen molar-refractivity contribution in [1.82, 2.24) is 9.96 Å². The summed E-state index contributed by atoms with van der Waals surface area (Å²) in [5.41, 5.74) is 16.6. The Balaban J connectivity index is 2.05. The van der Waals surface area contributed by atoms with Crippen molar-refractivity contribution in [2.24, 2.45) is 17.2 Å². The van der Waals surface area contributed by atoms with E-state index in [0.717, 1.165) is 6.42 Å². The largest absolute Gasteiger partial charge is 0.459 e. The third-order valence-corrected chi connectivity index (χ3v) is 4.46. The van der Waals surface area contributed by atoms with Gasteiger partial charge < -0.3 is 26.5 Å². The Bertz CT molecular complexity index is 635. The molecule has 1 aromatic rings. The molecule has 144 valence electrons. The van der Waals surface area contributed by atoms with Gasteiger partial charge in [0.2, 0.25) is 5.91 Å². The van der Waals surface area contributed by atoms with Gasteiger partial charge in [-0.25, -0.2) is 5.06 Å². The van der Waals surface area contributed by atoms with Crippen molar-refractivity contribution >= 4 is 17.7 Å². The van der Waals surface area contributed by atoms with Crippen LogP contribution in [0.15, 0.2) is 22.8 Å². The van der Waals surface area contributed by atoms with E-state index >= 15 is 0 Å². The van der Waals surface area contributed by atoms with Crippen LogP contribution in [0.25, 0.3) is 0 Å². The zero-order valence-corrected chi connectivity index (χ0v) is 14.4. The second kappa shape index (κ2) is 8.79. The Morgan fingerprint density at radius 1 is 1.38 bits per heavy atom. The number of primary amides is 1. The molecule has 7 N–H and O–H groups in total. The molecule has 0 saturated carbocycles. The average Bonchev–Trinajstić information content (AvgIpc) is 3.29. The minimum absolute atomic E-state index is 0.0273. The van der Waals surface area contributed by atoms with E-state index in [0.29, 0.717) is 24.4 Å². The van der Waals surface area contributed by atoms with Gasteiger partial charge in [0, 0.05) is 13.0 Å². The van der Waals surface area contributed by atoms with E-state index in [9.17, 15) is 19.6 Å². The van der Waals surface area contributed by atoms with Crippen molar-refractivity contribution in [3.05, 3.63) is 24.2 Å². The van der Waals surface area contributed by atoms with Gasteiger partial charge >= 0.3 is 0 Å². The number of unbranched alkanes of at least 4 members (excludes halogenated alkanes) is 1. The number of hydrogen-bond donors (Lipinski definition) is 4. The van der Waals surface area contributed by atoms with Crippen molar-refractivity contribution in [3.8, 4) is 0 Å². The quantitative estimate of drug-likeness (QED) is 0.260. The van der Waals surface area contributed by atoms with Crippen molar-refractivity contribution in [1.29, 1.82) is 0 Å². The highest BCUT2D eigenvalue weighted by Crippen LogP contribution is 2.24. The summed E-state index contributed by atoms with van der Waals surface area (Å²) in [4.78, 5) is 37.7. The standard InChI is InChI=1S/C16H25N5O5/c17-6-2-1-4-11(18)15(23)21(25)10-8-12(14(19)22)20(9-10)16(24)13-5-3-7-26-13/h3,5,7,10-12,25H,1-2,4,6,8-9,17-18H2,(H2,19,22)/t10-,11-,12-/m0/s1. The molecule has 1 aliphatic rings. The van der Waals surface area contributed by atoms with Gasteiger partial charge in [-0.05, 0) is 31.5 Å². The second-order valence-corrected chi connectivity index (χ2v) is 6.32. The Hall–Kier alpha value is -2.43. The smallest absolute Gasteiger partial charge is 0.290 e. The molecule has 26 heavy (non-hydrogen) atoms. The Morgan fingerprint density at radius 3 is 2.69 bits per heavy atom. The molecule has 1 aliphatic heterocycles. The van der Waals surface area contributed by atoms with Gasteiger partial charge in [0.05, 0.1) is 18.3 Å². The number of hydrogen-bond acceptors (Lipinski definition) is 7. The number of nitrogens with two attached hydrogens (primary N) is 3. The molecule has 1 saturated heterocycles. The number of hydroxylamine groups is 2. The fourth-order valence-corrected chi connectivity index (χ4v) is 3.01. The lowest BCUT2D eigenvalue weighted by atomic mass is 10.1. The van der Waals surface area contributed by atoms with Crippen LogP contribution < -0.4 is 17.2 Å². The number of carbonyl (C=O) groups is 3. The molecule has 0 unspecified atom stereocenters. The first-order valence-electron chi connectivity index (χ1n) is 8.48. The van der Waals surface area contributed by atoms with Gasteiger partial charge in [0.1, 0.15) is 6.04 Å². The van der Waals surface area contributed by atoms with Crippen LogP contribution in [-0.2, 0) is 9.59 Å². The van der Waals surface area contributed by atoms with Crippen LogP contribution in [0.2, 0.25) is 0 Å². The van der Waals surface area contributed by atoms with E-state index in [2.05, 4.69) is 0 Å². The summed E-state index contributed by atoms with van der Waals surface area (Å²) < 4.78 is 5.06. The van der Waals surface area contributed by atoms with Gasteiger partial charge in [-0.3, -0.25) is 19.6 Å². The highest BCUT2D eigenvalue weighted by molar-refractivity contribution is 5.96. The van der Waals surface area contributed by atoms with Crippen molar-refractivity contribution in [3.63, 3.8) is 0 Å². The maximum Gasteiger partial charge on any atom is 0.290 e. The minimum atomic E-state index is -0.950. The average molecular weight is 367 g/mol. The summed E-state index contributed by atoms with van der Waals surface area (Å²) in [6.45, 7) is 0.446. The number of likely N-dealkylation sites (tertiary alicyclic amines) is 1. The molecule has 3 atom stereocenters. The molecule has 0 aliphatic carbocycles. The molecule has 10 heteroatoms. The van der Waals surface area contributed by atoms with Gasteiger partial charge in [-0.1, -0.05) is 6.42 Å². The van der Waals surface area contributed by atoms with Crippen LogP contribution in [0.4, 0.5) is 0 Å². The highest BCUT2D eigenvalue weighted by atomic mass is 16.5. The molecule has 2 heterocycles. The predicted octanol–water partition coefficient (Wildman–Crippen LogP) is -0.978. The number of nitrogens with zero attached hydrogens (tertiary/aromatic N) is 2. The van der Waals surface area contributed by atoms with Crippen LogP contribution in [0, 0.1) is 0 Å². The molecule has 0 aromatic carbocycles. The lowest BCUT2D eigenvalue weighted by Gasteiger charge is -2.25. The molecule has 3 amide bonds. The molecule has 1 fully saturated rings. The van der Waals surface area contributed by atoms with E-state index in [4.69, 9.17) is 21.6 Å². The molecule has 1 aromatic heterocycles. The first-order valence-corrected chi connectivity index (χ1v) is 8.48. The van der Waals surface area contributed by atoms with Crippen molar-refractivity contribution < 1.29 is 24.0 Å². The summed E-state index contributed by atoms with van der Waals surface area (Å²) in [7, 11) is 0. The Kier molecular flexibility index (Phi) is 6.72. The zero-order chi connectivity index (χ0) is 19.3. The van der Waals surface area contributed by atoms with Crippen LogP contribution in [0.5, 0.6) is 0 Å². The van der Waals surface area contributed by atoms with E-state index in [-0.39, 0.29) is 18.7 Å². The topological polar surface area (TPSA) is 169 Å². The number of amides is 3. The van der Waals surface area contributed by atoms with Gasteiger partial charge in [-0.15, -0.1) is 0 Å². The van der Waals surface area contributed by atoms with E-state index in [1.807, 2.05) is 0 Å². The molecule has 2 rings (SSSR count). The van der Waals surface area contributed by atoms with Crippen LogP contribution in [0.3, 0.4) is 0 Å². The first-order chi connectivity index (χ1) is 12.4. The third-order valence-electron chi connectivity index (χ3n) is 4.46. The lowest BCUT2D eigenvalue weighted by Crippen LogP contribution is -2.48. The number of rotatable bonds is 8. The normalized spacial score (nSPS) is 20.8. The summed E-state index contributed by atoms with van der Waals surface area (Å²) in [6, 6.07) is 0.395. The second-order valence-electron chi connectivity index (χ2n) is 6.32. The van der Waals surface area contributed by atoms with Gasteiger partial charge in [-0.2, -0.15) is 0 Å². The molecule has 0 radical (unpaired) electrons. The first kappa shape index (κ1) is 19.9. The Labute approximate surface area is 150 Å². The maximum atomic E-state index is 12.5. The maximum absolute atomic E-state index is 12.5. The molecular formula is C16H25N5O5. The lowest BCUT2D eigenvalue weighted by molar-refractivity contribution is -0.176. The molecule has 0 bridgehead atoms. The van der Waals surface area contributed by atoms with Crippen LogP contribution >= 0.6 is 0 Å². The Morgan fingerprint density at radius 2 is 2.12 bits per heavy atom. The highest BCUT2D eigenvalue weighted by Gasteiger charge is 2.43. The van der Waals surface area contributed by atoms with Gasteiger partial charge in [0.25, 0.3) is 11.8 Å². The fourth-order valence-electron chi connectivity index (χ4n) is 3.01.